The maximum Gasteiger partial charge on any atom is 0.271 e. The quantitative estimate of drug-likeness (QED) is 0.781. The number of carbonyl (C=O) groups excluding carboxylic acids is 1. The van der Waals surface area contributed by atoms with E-state index in [0.717, 1.165) is 0 Å². The van der Waals surface area contributed by atoms with Gasteiger partial charge in [0.1, 0.15) is 5.82 Å². The molecule has 1 amide bonds. The molecule has 1 aromatic heterocycles. The Balaban J connectivity index is 1.97. The van der Waals surface area contributed by atoms with Gasteiger partial charge in [-0.1, -0.05) is 29.8 Å². The summed E-state index contributed by atoms with van der Waals surface area (Å²) < 4.78 is 0. The van der Waals surface area contributed by atoms with Crippen molar-refractivity contribution in [3.05, 3.63) is 52.7 Å². The summed E-state index contributed by atoms with van der Waals surface area (Å²) in [4.78, 5) is 11.3. The van der Waals surface area contributed by atoms with Crippen molar-refractivity contribution in [3.63, 3.8) is 0 Å². The molecular weight excluding hydrogens is 292 g/mol. The predicted octanol–water partition coefficient (Wildman–Crippen LogP) is 1.64. The first-order chi connectivity index (χ1) is 10.1. The fraction of sp³-hybridized carbons (Fsp3) is 0.214. The van der Waals surface area contributed by atoms with E-state index in [9.17, 15) is 9.90 Å². The number of aliphatic hydroxyl groups excluding tert-OH is 1. The van der Waals surface area contributed by atoms with Crippen LogP contribution in [0.5, 0.6) is 0 Å². The van der Waals surface area contributed by atoms with E-state index in [4.69, 9.17) is 11.6 Å². The Morgan fingerprint density at radius 2 is 2.05 bits per heavy atom. The third kappa shape index (κ3) is 3.90. The Kier molecular flexibility index (Phi) is 5.08. The van der Waals surface area contributed by atoms with Crippen LogP contribution in [0.1, 0.15) is 22.2 Å². The Morgan fingerprint density at radius 3 is 2.67 bits per heavy atom. The van der Waals surface area contributed by atoms with Crippen molar-refractivity contribution >= 4 is 23.3 Å². The third-order valence-electron chi connectivity index (χ3n) is 2.86. The SMILES string of the molecule is CNC(=O)c1ccc(NCC(O)c2ccccc2Cl)nn1. The molecule has 0 saturated heterocycles. The maximum absolute atomic E-state index is 11.3. The number of nitrogens with one attached hydrogen (secondary N) is 2. The molecule has 1 heterocycles. The lowest BCUT2D eigenvalue weighted by atomic mass is 10.1. The number of rotatable bonds is 5. The molecule has 3 N–H and O–H groups in total. The summed E-state index contributed by atoms with van der Waals surface area (Å²) in [5, 5.41) is 23.6. The second-order valence-electron chi connectivity index (χ2n) is 4.30. The first-order valence-corrected chi connectivity index (χ1v) is 6.71. The number of benzene rings is 1. The molecule has 0 aliphatic heterocycles. The molecule has 110 valence electrons. The van der Waals surface area contributed by atoms with E-state index in [1.165, 1.54) is 7.05 Å². The lowest BCUT2D eigenvalue weighted by molar-refractivity contribution is 0.0957. The highest BCUT2D eigenvalue weighted by atomic mass is 35.5. The summed E-state index contributed by atoms with van der Waals surface area (Å²) >= 11 is 6.01. The van der Waals surface area contributed by atoms with Crippen molar-refractivity contribution in [3.8, 4) is 0 Å². The van der Waals surface area contributed by atoms with Crippen LogP contribution in [0.25, 0.3) is 0 Å². The predicted molar refractivity (Wildman–Crippen MR) is 80.3 cm³/mol. The van der Waals surface area contributed by atoms with Crippen LogP contribution in [0.2, 0.25) is 5.02 Å². The summed E-state index contributed by atoms with van der Waals surface area (Å²) in [6, 6.07) is 10.3. The molecule has 0 bridgehead atoms. The third-order valence-corrected chi connectivity index (χ3v) is 3.21. The highest BCUT2D eigenvalue weighted by Gasteiger charge is 2.11. The summed E-state index contributed by atoms with van der Waals surface area (Å²) in [5.41, 5.74) is 0.872. The van der Waals surface area contributed by atoms with Gasteiger partial charge in [-0.15, -0.1) is 10.2 Å². The average Bonchev–Trinajstić information content (AvgIpc) is 2.52. The van der Waals surface area contributed by atoms with Gasteiger partial charge >= 0.3 is 0 Å². The largest absolute Gasteiger partial charge is 0.387 e. The van der Waals surface area contributed by atoms with Crippen LogP contribution in [0.15, 0.2) is 36.4 Å². The van der Waals surface area contributed by atoms with E-state index in [0.29, 0.717) is 16.4 Å². The molecule has 0 aliphatic carbocycles. The Morgan fingerprint density at radius 1 is 1.29 bits per heavy atom. The van der Waals surface area contributed by atoms with Crippen molar-refractivity contribution in [2.24, 2.45) is 0 Å². The van der Waals surface area contributed by atoms with Gasteiger partial charge in [0.15, 0.2) is 5.69 Å². The van der Waals surface area contributed by atoms with E-state index in [1.807, 2.05) is 6.07 Å². The summed E-state index contributed by atoms with van der Waals surface area (Å²) in [7, 11) is 1.52. The van der Waals surface area contributed by atoms with Crippen LogP contribution < -0.4 is 10.6 Å². The first kappa shape index (κ1) is 15.2. The van der Waals surface area contributed by atoms with E-state index < -0.39 is 6.10 Å². The van der Waals surface area contributed by atoms with Gasteiger partial charge in [-0.3, -0.25) is 4.79 Å². The minimum Gasteiger partial charge on any atom is -0.387 e. The summed E-state index contributed by atoms with van der Waals surface area (Å²) in [5.74, 6) is 0.166. The molecule has 2 rings (SSSR count). The topological polar surface area (TPSA) is 87.1 Å². The molecule has 0 fully saturated rings. The van der Waals surface area contributed by atoms with Gasteiger partial charge in [-0.05, 0) is 18.2 Å². The minimum absolute atomic E-state index is 0.231. The van der Waals surface area contributed by atoms with Crippen LogP contribution in [-0.2, 0) is 0 Å². The number of hydrogen-bond acceptors (Lipinski definition) is 5. The molecule has 0 spiro atoms. The van der Waals surface area contributed by atoms with Crippen molar-refractivity contribution in [2.45, 2.75) is 6.10 Å². The van der Waals surface area contributed by atoms with Crippen molar-refractivity contribution in [2.75, 3.05) is 18.9 Å². The van der Waals surface area contributed by atoms with Crippen molar-refractivity contribution in [1.82, 2.24) is 15.5 Å². The zero-order chi connectivity index (χ0) is 15.2. The zero-order valence-electron chi connectivity index (χ0n) is 11.4. The number of hydrogen-bond donors (Lipinski definition) is 3. The maximum atomic E-state index is 11.3. The molecule has 0 aliphatic rings. The van der Waals surface area contributed by atoms with Crippen molar-refractivity contribution in [1.29, 1.82) is 0 Å². The molecule has 6 nitrogen and oxygen atoms in total. The van der Waals surface area contributed by atoms with E-state index in [2.05, 4.69) is 20.8 Å². The van der Waals surface area contributed by atoms with Crippen LogP contribution >= 0.6 is 11.6 Å². The normalized spacial score (nSPS) is 11.8. The van der Waals surface area contributed by atoms with Gasteiger partial charge in [0, 0.05) is 24.2 Å². The number of aliphatic hydroxyl groups is 1. The van der Waals surface area contributed by atoms with E-state index in [1.54, 1.807) is 30.3 Å². The van der Waals surface area contributed by atoms with Crippen LogP contribution in [0.3, 0.4) is 0 Å². The number of aromatic nitrogens is 2. The fourth-order valence-electron chi connectivity index (χ4n) is 1.73. The molecule has 1 atom stereocenters. The standard InChI is InChI=1S/C14H15ClN4O2/c1-16-14(21)11-6-7-13(19-18-11)17-8-12(20)9-4-2-3-5-10(9)15/h2-7,12,20H,8H2,1H3,(H,16,21)(H,17,19). The molecule has 21 heavy (non-hydrogen) atoms. The summed E-state index contributed by atoms with van der Waals surface area (Å²) in [6.45, 7) is 0.234. The zero-order valence-corrected chi connectivity index (χ0v) is 12.1. The highest BCUT2D eigenvalue weighted by Crippen LogP contribution is 2.22. The van der Waals surface area contributed by atoms with Crippen molar-refractivity contribution < 1.29 is 9.90 Å². The smallest absolute Gasteiger partial charge is 0.271 e. The second kappa shape index (κ2) is 7.01. The molecule has 2 aromatic rings. The lowest BCUT2D eigenvalue weighted by Gasteiger charge is -2.13. The Bertz CT molecular complexity index is 619. The Labute approximate surface area is 127 Å². The van der Waals surface area contributed by atoms with Gasteiger partial charge in [0.2, 0.25) is 0 Å². The second-order valence-corrected chi connectivity index (χ2v) is 4.71. The fourth-order valence-corrected chi connectivity index (χ4v) is 1.99. The Hall–Kier alpha value is -2.18. The van der Waals surface area contributed by atoms with Gasteiger partial charge in [-0.2, -0.15) is 0 Å². The average molecular weight is 307 g/mol. The molecular formula is C14H15ClN4O2. The molecule has 1 unspecified atom stereocenters. The number of amides is 1. The number of halogens is 1. The minimum atomic E-state index is -0.765. The van der Waals surface area contributed by atoms with Gasteiger partial charge in [0.05, 0.1) is 6.10 Å². The molecule has 1 aromatic carbocycles. The molecule has 0 saturated carbocycles. The first-order valence-electron chi connectivity index (χ1n) is 6.34. The summed E-state index contributed by atoms with van der Waals surface area (Å²) in [6.07, 6.45) is -0.765. The van der Waals surface area contributed by atoms with Gasteiger partial charge in [-0.25, -0.2) is 0 Å². The van der Waals surface area contributed by atoms with Crippen LogP contribution in [0, 0.1) is 0 Å². The lowest BCUT2D eigenvalue weighted by Crippen LogP contribution is -2.20. The number of anilines is 1. The van der Waals surface area contributed by atoms with Gasteiger partial charge < -0.3 is 15.7 Å². The molecule has 0 radical (unpaired) electrons. The highest BCUT2D eigenvalue weighted by molar-refractivity contribution is 6.31. The van der Waals surface area contributed by atoms with Gasteiger partial charge in [0.25, 0.3) is 5.91 Å². The number of nitrogens with zero attached hydrogens (tertiary/aromatic N) is 2. The monoisotopic (exact) mass is 306 g/mol. The number of carbonyl (C=O) groups is 1. The van der Waals surface area contributed by atoms with Crippen LogP contribution in [0.4, 0.5) is 5.82 Å². The molecule has 7 heteroatoms. The van der Waals surface area contributed by atoms with Crippen LogP contribution in [-0.4, -0.2) is 34.8 Å². The van der Waals surface area contributed by atoms with E-state index >= 15 is 0 Å². The van der Waals surface area contributed by atoms with E-state index in [-0.39, 0.29) is 18.1 Å².